The molecule has 0 bridgehead atoms. The SMILES string of the molecule is CCC(C)(CNC(C)(C)C)CN(Cc1ccco1)C1CC1. The molecular formula is C18H32N2O. The van der Waals surface area contributed by atoms with Gasteiger partial charge < -0.3 is 9.73 Å². The van der Waals surface area contributed by atoms with Gasteiger partial charge in [-0.05, 0) is 57.6 Å². The molecule has 3 nitrogen and oxygen atoms in total. The molecule has 1 aromatic heterocycles. The van der Waals surface area contributed by atoms with Crippen LogP contribution >= 0.6 is 0 Å². The lowest BCUT2D eigenvalue weighted by Crippen LogP contribution is -2.47. The van der Waals surface area contributed by atoms with Gasteiger partial charge >= 0.3 is 0 Å². The molecule has 0 aliphatic heterocycles. The Kier molecular flexibility index (Phi) is 5.15. The molecule has 1 aliphatic carbocycles. The van der Waals surface area contributed by atoms with Gasteiger partial charge in [0, 0.05) is 24.7 Å². The van der Waals surface area contributed by atoms with Gasteiger partial charge in [-0.15, -0.1) is 0 Å². The second-order valence-corrected chi connectivity index (χ2v) is 7.98. The Labute approximate surface area is 130 Å². The van der Waals surface area contributed by atoms with E-state index in [4.69, 9.17) is 4.42 Å². The average molecular weight is 292 g/mol. The highest BCUT2D eigenvalue weighted by molar-refractivity contribution is 5.00. The van der Waals surface area contributed by atoms with Crippen molar-refractivity contribution in [3.8, 4) is 0 Å². The van der Waals surface area contributed by atoms with Crippen molar-refractivity contribution in [3.05, 3.63) is 24.2 Å². The summed E-state index contributed by atoms with van der Waals surface area (Å²) in [6.45, 7) is 14.6. The van der Waals surface area contributed by atoms with Crippen LogP contribution in [0.5, 0.6) is 0 Å². The molecule has 1 unspecified atom stereocenters. The Hall–Kier alpha value is -0.800. The number of nitrogens with zero attached hydrogens (tertiary/aromatic N) is 1. The zero-order valence-corrected chi connectivity index (χ0v) is 14.4. The van der Waals surface area contributed by atoms with E-state index in [2.05, 4.69) is 50.9 Å². The van der Waals surface area contributed by atoms with Crippen molar-refractivity contribution in [3.63, 3.8) is 0 Å². The zero-order chi connectivity index (χ0) is 15.5. The van der Waals surface area contributed by atoms with E-state index < -0.39 is 0 Å². The van der Waals surface area contributed by atoms with Crippen molar-refractivity contribution in [1.82, 2.24) is 10.2 Å². The fourth-order valence-corrected chi connectivity index (χ4v) is 2.62. The summed E-state index contributed by atoms with van der Waals surface area (Å²) in [4.78, 5) is 2.62. The Morgan fingerprint density at radius 1 is 1.29 bits per heavy atom. The third kappa shape index (κ3) is 5.48. The van der Waals surface area contributed by atoms with Crippen LogP contribution < -0.4 is 5.32 Å². The zero-order valence-electron chi connectivity index (χ0n) is 14.4. The fourth-order valence-electron chi connectivity index (χ4n) is 2.62. The maximum atomic E-state index is 5.55. The van der Waals surface area contributed by atoms with Crippen molar-refractivity contribution in [2.75, 3.05) is 13.1 Å². The lowest BCUT2D eigenvalue weighted by atomic mass is 9.85. The highest BCUT2D eigenvalue weighted by atomic mass is 16.3. The van der Waals surface area contributed by atoms with E-state index in [1.54, 1.807) is 6.26 Å². The molecule has 0 saturated heterocycles. The van der Waals surface area contributed by atoms with Gasteiger partial charge in [-0.1, -0.05) is 13.8 Å². The Morgan fingerprint density at radius 3 is 2.48 bits per heavy atom. The Balaban J connectivity index is 1.96. The van der Waals surface area contributed by atoms with Gasteiger partial charge in [0.1, 0.15) is 5.76 Å². The largest absolute Gasteiger partial charge is 0.468 e. The van der Waals surface area contributed by atoms with Crippen LogP contribution in [0, 0.1) is 5.41 Å². The fraction of sp³-hybridized carbons (Fsp3) is 0.778. The molecule has 0 radical (unpaired) electrons. The quantitative estimate of drug-likeness (QED) is 0.783. The van der Waals surface area contributed by atoms with Gasteiger partial charge in [0.05, 0.1) is 12.8 Å². The second kappa shape index (κ2) is 6.53. The predicted octanol–water partition coefficient (Wildman–Crippen LogP) is 4.05. The lowest BCUT2D eigenvalue weighted by molar-refractivity contribution is 0.127. The van der Waals surface area contributed by atoms with E-state index in [1.807, 2.05) is 6.07 Å². The van der Waals surface area contributed by atoms with E-state index in [0.29, 0.717) is 5.41 Å². The van der Waals surface area contributed by atoms with Gasteiger partial charge in [0.15, 0.2) is 0 Å². The van der Waals surface area contributed by atoms with Crippen LogP contribution in [-0.2, 0) is 6.54 Å². The summed E-state index contributed by atoms with van der Waals surface area (Å²) in [7, 11) is 0. The number of nitrogens with one attached hydrogen (secondary N) is 1. The first-order valence-corrected chi connectivity index (χ1v) is 8.33. The van der Waals surface area contributed by atoms with Crippen LogP contribution in [0.3, 0.4) is 0 Å². The molecule has 0 amide bonds. The standard InChI is InChI=1S/C18H32N2O/c1-6-18(5,13-19-17(2,3)4)14-20(15-9-10-15)12-16-8-7-11-21-16/h7-8,11,15,19H,6,9-10,12-14H2,1-5H3. The summed E-state index contributed by atoms with van der Waals surface area (Å²) in [5.41, 5.74) is 0.490. The maximum absolute atomic E-state index is 5.55. The Bertz CT molecular complexity index is 417. The summed E-state index contributed by atoms with van der Waals surface area (Å²) >= 11 is 0. The molecule has 1 fully saturated rings. The molecule has 0 spiro atoms. The van der Waals surface area contributed by atoms with Gasteiger partial charge in [-0.2, -0.15) is 0 Å². The third-order valence-electron chi connectivity index (χ3n) is 4.49. The monoisotopic (exact) mass is 292 g/mol. The normalized spacial score (nSPS) is 19.0. The van der Waals surface area contributed by atoms with E-state index in [1.165, 1.54) is 19.3 Å². The first kappa shape index (κ1) is 16.6. The first-order valence-electron chi connectivity index (χ1n) is 8.33. The molecule has 0 aromatic carbocycles. The summed E-state index contributed by atoms with van der Waals surface area (Å²) in [5, 5.41) is 3.69. The topological polar surface area (TPSA) is 28.4 Å². The van der Waals surface area contributed by atoms with Crippen molar-refractivity contribution in [1.29, 1.82) is 0 Å². The first-order chi connectivity index (χ1) is 9.81. The van der Waals surface area contributed by atoms with Gasteiger partial charge in [0.2, 0.25) is 0 Å². The van der Waals surface area contributed by atoms with Crippen molar-refractivity contribution in [2.24, 2.45) is 5.41 Å². The summed E-state index contributed by atoms with van der Waals surface area (Å²) in [5.74, 6) is 1.09. The molecule has 1 N–H and O–H groups in total. The van der Waals surface area contributed by atoms with Crippen LogP contribution in [0.4, 0.5) is 0 Å². The minimum absolute atomic E-state index is 0.182. The minimum Gasteiger partial charge on any atom is -0.468 e. The van der Waals surface area contributed by atoms with Gasteiger partial charge in [-0.3, -0.25) is 4.90 Å². The molecule has 120 valence electrons. The number of hydrogen-bond donors (Lipinski definition) is 1. The van der Waals surface area contributed by atoms with E-state index >= 15 is 0 Å². The summed E-state index contributed by atoms with van der Waals surface area (Å²) < 4.78 is 5.55. The smallest absolute Gasteiger partial charge is 0.117 e. The van der Waals surface area contributed by atoms with Gasteiger partial charge in [0.25, 0.3) is 0 Å². The van der Waals surface area contributed by atoms with Gasteiger partial charge in [-0.25, -0.2) is 0 Å². The van der Waals surface area contributed by atoms with Crippen molar-refractivity contribution < 1.29 is 4.42 Å². The molecule has 1 saturated carbocycles. The predicted molar refractivity (Wildman–Crippen MR) is 88.3 cm³/mol. The molecular weight excluding hydrogens is 260 g/mol. The van der Waals surface area contributed by atoms with Crippen molar-refractivity contribution in [2.45, 2.75) is 72.0 Å². The van der Waals surface area contributed by atoms with E-state index in [9.17, 15) is 0 Å². The van der Waals surface area contributed by atoms with E-state index in [0.717, 1.165) is 31.4 Å². The molecule has 1 heterocycles. The van der Waals surface area contributed by atoms with E-state index in [-0.39, 0.29) is 5.54 Å². The minimum atomic E-state index is 0.182. The number of furan rings is 1. The second-order valence-electron chi connectivity index (χ2n) is 7.98. The Morgan fingerprint density at radius 2 is 2.00 bits per heavy atom. The summed E-state index contributed by atoms with van der Waals surface area (Å²) in [6, 6.07) is 4.84. The molecule has 1 atom stereocenters. The highest BCUT2D eigenvalue weighted by Crippen LogP contribution is 2.33. The highest BCUT2D eigenvalue weighted by Gasteiger charge is 2.35. The molecule has 21 heavy (non-hydrogen) atoms. The van der Waals surface area contributed by atoms with Crippen LogP contribution in [0.1, 0.15) is 59.6 Å². The average Bonchev–Trinajstić information content (AvgIpc) is 3.14. The van der Waals surface area contributed by atoms with Crippen LogP contribution in [-0.4, -0.2) is 29.6 Å². The molecule has 3 heteroatoms. The van der Waals surface area contributed by atoms with Crippen molar-refractivity contribution >= 4 is 0 Å². The maximum Gasteiger partial charge on any atom is 0.117 e. The molecule has 2 rings (SSSR count). The van der Waals surface area contributed by atoms with Crippen LogP contribution in [0.25, 0.3) is 0 Å². The summed E-state index contributed by atoms with van der Waals surface area (Å²) in [6.07, 6.45) is 5.65. The lowest BCUT2D eigenvalue weighted by Gasteiger charge is -2.37. The molecule has 1 aliphatic rings. The molecule has 1 aromatic rings. The van der Waals surface area contributed by atoms with Crippen LogP contribution in [0.2, 0.25) is 0 Å². The number of rotatable bonds is 8. The third-order valence-corrected chi connectivity index (χ3v) is 4.49. The van der Waals surface area contributed by atoms with Crippen LogP contribution in [0.15, 0.2) is 22.8 Å². The number of hydrogen-bond acceptors (Lipinski definition) is 3.